The quantitative estimate of drug-likeness (QED) is 0.778. The van der Waals surface area contributed by atoms with E-state index in [4.69, 9.17) is 4.74 Å². The van der Waals surface area contributed by atoms with Crippen LogP contribution in [0.25, 0.3) is 0 Å². The summed E-state index contributed by atoms with van der Waals surface area (Å²) in [4.78, 5) is 4.55. The summed E-state index contributed by atoms with van der Waals surface area (Å²) in [5.74, 6) is 0.873. The minimum absolute atomic E-state index is 0.251. The normalized spacial score (nSPS) is 11.5. The molecule has 1 heterocycles. The number of ether oxygens (including phenoxy) is 1. The zero-order valence-corrected chi connectivity index (χ0v) is 15.3. The Labute approximate surface area is 141 Å². The lowest BCUT2D eigenvalue weighted by molar-refractivity contribution is 0.387. The van der Waals surface area contributed by atoms with Crippen LogP contribution in [0.15, 0.2) is 39.3 Å². The van der Waals surface area contributed by atoms with Gasteiger partial charge < -0.3 is 9.84 Å². The van der Waals surface area contributed by atoms with E-state index in [1.165, 1.54) is 0 Å². The molecule has 0 saturated heterocycles. The second-order valence-corrected chi connectivity index (χ2v) is 7.29. The van der Waals surface area contributed by atoms with Crippen LogP contribution in [0.5, 0.6) is 11.6 Å². The average Bonchev–Trinajstić information content (AvgIpc) is 2.42. The average molecular weight is 415 g/mol. The van der Waals surface area contributed by atoms with Gasteiger partial charge in [-0.05, 0) is 46.1 Å². The summed E-state index contributed by atoms with van der Waals surface area (Å²) in [6.45, 7) is 4.20. The first-order valence-corrected chi connectivity index (χ1v) is 8.10. The summed E-state index contributed by atoms with van der Waals surface area (Å²) < 4.78 is 7.01. The molecule has 0 atom stereocenters. The van der Waals surface area contributed by atoms with Gasteiger partial charge in [0.15, 0.2) is 0 Å². The van der Waals surface area contributed by atoms with E-state index >= 15 is 0 Å². The van der Waals surface area contributed by atoms with Crippen LogP contribution >= 0.6 is 31.9 Å². The van der Waals surface area contributed by atoms with Crippen LogP contribution in [0.1, 0.15) is 25.1 Å². The fourth-order valence-electron chi connectivity index (χ4n) is 2.26. The number of rotatable bonds is 4. The lowest BCUT2D eigenvalue weighted by atomic mass is 9.82. The highest BCUT2D eigenvalue weighted by molar-refractivity contribution is 9.10. The van der Waals surface area contributed by atoms with Crippen LogP contribution in [0.4, 0.5) is 0 Å². The number of halogens is 2. The monoisotopic (exact) mass is 413 g/mol. The fourth-order valence-corrected chi connectivity index (χ4v) is 3.37. The van der Waals surface area contributed by atoms with Gasteiger partial charge >= 0.3 is 0 Å². The second kappa shape index (κ2) is 6.36. The predicted molar refractivity (Wildman–Crippen MR) is 91.0 cm³/mol. The van der Waals surface area contributed by atoms with E-state index in [0.29, 0.717) is 12.3 Å². The number of phenols is 1. The van der Waals surface area contributed by atoms with Gasteiger partial charge in [-0.25, -0.2) is 4.98 Å². The Morgan fingerprint density at radius 2 is 1.90 bits per heavy atom. The molecule has 0 amide bonds. The third-order valence-corrected chi connectivity index (χ3v) is 4.48. The Bertz CT molecular complexity index is 657. The Morgan fingerprint density at radius 3 is 2.52 bits per heavy atom. The first kappa shape index (κ1) is 16.3. The minimum atomic E-state index is -0.251. The molecule has 0 spiro atoms. The molecule has 1 aromatic carbocycles. The standard InChI is InChI=1S/C16H17Br2NO2/c1-16(2,9-10-4-5-11(17)8-13(10)20)15-12(18)6-7-14(19-15)21-3/h4-8,20H,9H2,1-3H3. The molecule has 0 aliphatic rings. The van der Waals surface area contributed by atoms with Gasteiger partial charge in [-0.15, -0.1) is 0 Å². The summed E-state index contributed by atoms with van der Waals surface area (Å²) in [5, 5.41) is 10.1. The topological polar surface area (TPSA) is 42.4 Å². The largest absolute Gasteiger partial charge is 0.508 e. The Kier molecular flexibility index (Phi) is 4.94. The molecule has 1 aromatic heterocycles. The number of phenolic OH excluding ortho intramolecular Hbond substituents is 1. The van der Waals surface area contributed by atoms with E-state index in [-0.39, 0.29) is 11.2 Å². The number of aromatic hydroxyl groups is 1. The van der Waals surface area contributed by atoms with Gasteiger partial charge in [0.25, 0.3) is 0 Å². The van der Waals surface area contributed by atoms with Crippen LogP contribution in [0.2, 0.25) is 0 Å². The lowest BCUT2D eigenvalue weighted by Gasteiger charge is -2.26. The summed E-state index contributed by atoms with van der Waals surface area (Å²) in [7, 11) is 1.60. The maximum absolute atomic E-state index is 10.1. The molecular formula is C16H17Br2NO2. The van der Waals surface area contributed by atoms with Gasteiger partial charge in [-0.2, -0.15) is 0 Å². The number of nitrogens with zero attached hydrogens (tertiary/aromatic N) is 1. The Balaban J connectivity index is 2.37. The number of methoxy groups -OCH3 is 1. The number of hydrogen-bond acceptors (Lipinski definition) is 3. The molecule has 0 radical (unpaired) electrons. The van der Waals surface area contributed by atoms with E-state index < -0.39 is 0 Å². The van der Waals surface area contributed by atoms with Gasteiger partial charge in [0, 0.05) is 20.4 Å². The first-order valence-electron chi connectivity index (χ1n) is 6.52. The van der Waals surface area contributed by atoms with Crippen molar-refractivity contribution in [1.82, 2.24) is 4.98 Å². The van der Waals surface area contributed by atoms with Crippen molar-refractivity contribution in [2.24, 2.45) is 0 Å². The van der Waals surface area contributed by atoms with Crippen LogP contribution in [0, 0.1) is 0 Å². The molecule has 0 unspecified atom stereocenters. The Hall–Kier alpha value is -1.07. The minimum Gasteiger partial charge on any atom is -0.508 e. The number of benzene rings is 1. The molecular weight excluding hydrogens is 398 g/mol. The van der Waals surface area contributed by atoms with Gasteiger partial charge in [-0.1, -0.05) is 35.8 Å². The van der Waals surface area contributed by atoms with E-state index in [2.05, 4.69) is 50.7 Å². The molecule has 21 heavy (non-hydrogen) atoms. The van der Waals surface area contributed by atoms with E-state index in [0.717, 1.165) is 20.2 Å². The van der Waals surface area contributed by atoms with Crippen molar-refractivity contribution in [2.45, 2.75) is 25.7 Å². The van der Waals surface area contributed by atoms with E-state index in [1.54, 1.807) is 13.2 Å². The van der Waals surface area contributed by atoms with E-state index in [1.807, 2.05) is 24.3 Å². The van der Waals surface area contributed by atoms with Crippen molar-refractivity contribution in [3.05, 3.63) is 50.5 Å². The van der Waals surface area contributed by atoms with Crippen LogP contribution < -0.4 is 4.74 Å². The molecule has 2 aromatic rings. The van der Waals surface area contributed by atoms with Crippen molar-refractivity contribution >= 4 is 31.9 Å². The molecule has 5 heteroatoms. The number of hydrogen-bond donors (Lipinski definition) is 1. The molecule has 0 fully saturated rings. The molecule has 0 bridgehead atoms. The number of aromatic nitrogens is 1. The Morgan fingerprint density at radius 1 is 1.19 bits per heavy atom. The highest BCUT2D eigenvalue weighted by Crippen LogP contribution is 2.35. The van der Waals surface area contributed by atoms with Crippen LogP contribution in [0.3, 0.4) is 0 Å². The van der Waals surface area contributed by atoms with Crippen molar-refractivity contribution in [3.8, 4) is 11.6 Å². The van der Waals surface area contributed by atoms with Crippen molar-refractivity contribution in [1.29, 1.82) is 0 Å². The fraction of sp³-hybridized carbons (Fsp3) is 0.312. The van der Waals surface area contributed by atoms with Crippen LogP contribution in [-0.4, -0.2) is 17.2 Å². The maximum atomic E-state index is 10.1. The van der Waals surface area contributed by atoms with Gasteiger partial charge in [0.05, 0.1) is 12.8 Å². The number of pyridine rings is 1. The van der Waals surface area contributed by atoms with E-state index in [9.17, 15) is 5.11 Å². The maximum Gasteiger partial charge on any atom is 0.213 e. The van der Waals surface area contributed by atoms with Gasteiger partial charge in [0.2, 0.25) is 5.88 Å². The molecule has 2 rings (SSSR count). The van der Waals surface area contributed by atoms with Crippen molar-refractivity contribution in [2.75, 3.05) is 7.11 Å². The third kappa shape index (κ3) is 3.77. The molecule has 1 N–H and O–H groups in total. The summed E-state index contributed by atoms with van der Waals surface area (Å²) >= 11 is 6.91. The first-order chi connectivity index (χ1) is 9.83. The second-order valence-electron chi connectivity index (χ2n) is 5.52. The summed E-state index contributed by atoms with van der Waals surface area (Å²) in [6, 6.07) is 9.32. The SMILES string of the molecule is COc1ccc(Br)c(C(C)(C)Cc2ccc(Br)cc2O)n1. The van der Waals surface area contributed by atoms with Gasteiger partial charge in [0.1, 0.15) is 5.75 Å². The van der Waals surface area contributed by atoms with Crippen molar-refractivity contribution < 1.29 is 9.84 Å². The molecule has 0 aliphatic heterocycles. The third-order valence-electron chi connectivity index (χ3n) is 3.35. The zero-order valence-electron chi connectivity index (χ0n) is 12.2. The highest BCUT2D eigenvalue weighted by Gasteiger charge is 2.27. The smallest absolute Gasteiger partial charge is 0.213 e. The van der Waals surface area contributed by atoms with Crippen LogP contribution in [-0.2, 0) is 11.8 Å². The zero-order chi connectivity index (χ0) is 15.6. The summed E-state index contributed by atoms with van der Waals surface area (Å²) in [5.41, 5.74) is 1.54. The predicted octanol–water partition coefficient (Wildman–Crippen LogP) is 4.84. The molecule has 3 nitrogen and oxygen atoms in total. The van der Waals surface area contributed by atoms with Crippen molar-refractivity contribution in [3.63, 3.8) is 0 Å². The molecule has 0 aliphatic carbocycles. The highest BCUT2D eigenvalue weighted by atomic mass is 79.9. The molecule has 0 saturated carbocycles. The lowest BCUT2D eigenvalue weighted by Crippen LogP contribution is -2.23. The van der Waals surface area contributed by atoms with Gasteiger partial charge in [-0.3, -0.25) is 0 Å². The molecule has 112 valence electrons. The summed E-state index contributed by atoms with van der Waals surface area (Å²) in [6.07, 6.45) is 0.672.